The molecule has 3 heterocycles. The van der Waals surface area contributed by atoms with E-state index in [0.717, 1.165) is 16.6 Å². The van der Waals surface area contributed by atoms with Crippen LogP contribution in [0, 0.1) is 11.3 Å². The van der Waals surface area contributed by atoms with Crippen molar-refractivity contribution < 1.29 is 5.11 Å². The molecule has 2 N–H and O–H groups in total. The van der Waals surface area contributed by atoms with Gasteiger partial charge in [0.25, 0.3) is 0 Å². The van der Waals surface area contributed by atoms with Crippen molar-refractivity contribution in [2.24, 2.45) is 7.05 Å². The molecule has 0 fully saturated rings. The van der Waals surface area contributed by atoms with Gasteiger partial charge in [0.1, 0.15) is 17.4 Å². The van der Waals surface area contributed by atoms with Crippen molar-refractivity contribution in [1.82, 2.24) is 29.7 Å². The maximum Gasteiger partial charge on any atom is 0.191 e. The number of nitrogens with zero attached hydrogens (tertiary/aromatic N) is 6. The lowest BCUT2D eigenvalue weighted by Gasteiger charge is -2.11. The lowest BCUT2D eigenvalue weighted by Crippen LogP contribution is -2.06. The topological polar surface area (TPSA) is 116 Å². The fraction of sp³-hybridized carbons (Fsp3) is 0.150. The predicted octanol–water partition coefficient (Wildman–Crippen LogP) is 3.73. The van der Waals surface area contributed by atoms with Crippen LogP contribution >= 0.6 is 11.8 Å². The number of imidazole rings is 1. The third kappa shape index (κ3) is 3.58. The van der Waals surface area contributed by atoms with Gasteiger partial charge in [0.05, 0.1) is 16.3 Å². The number of aliphatic hydroxyl groups is 1. The molecule has 9 heteroatoms. The van der Waals surface area contributed by atoms with Gasteiger partial charge < -0.3 is 14.7 Å². The number of hydrogen-bond donors (Lipinski definition) is 2. The number of benzene rings is 1. The first-order valence-corrected chi connectivity index (χ1v) is 9.71. The second-order valence-corrected chi connectivity index (χ2v) is 7.64. The number of nitrogens with one attached hydrogen (secondary N) is 1. The fourth-order valence-corrected chi connectivity index (χ4v) is 3.77. The second-order valence-electron chi connectivity index (χ2n) is 6.34. The van der Waals surface area contributed by atoms with Gasteiger partial charge in [0, 0.05) is 25.0 Å². The van der Waals surface area contributed by atoms with E-state index in [9.17, 15) is 10.4 Å². The zero-order chi connectivity index (χ0) is 20.4. The summed E-state index contributed by atoms with van der Waals surface area (Å²) >= 11 is 1.31. The smallest absolute Gasteiger partial charge is 0.191 e. The monoisotopic (exact) mass is 403 g/mol. The van der Waals surface area contributed by atoms with Crippen LogP contribution in [0.5, 0.6) is 0 Å². The molecule has 1 aromatic carbocycles. The third-order valence-corrected chi connectivity index (χ3v) is 5.58. The van der Waals surface area contributed by atoms with Crippen LogP contribution in [0.25, 0.3) is 28.0 Å². The van der Waals surface area contributed by atoms with Crippen LogP contribution in [0.15, 0.2) is 59.7 Å². The first kappa shape index (κ1) is 18.7. The van der Waals surface area contributed by atoms with Crippen LogP contribution in [0.4, 0.5) is 0 Å². The number of aromatic amines is 1. The average Bonchev–Trinajstić information content (AvgIpc) is 3.33. The molecule has 0 saturated carbocycles. The van der Waals surface area contributed by atoms with Gasteiger partial charge in [-0.15, -0.1) is 10.2 Å². The summed E-state index contributed by atoms with van der Waals surface area (Å²) in [5, 5.41) is 29.0. The van der Waals surface area contributed by atoms with Gasteiger partial charge in [-0.2, -0.15) is 5.26 Å². The van der Waals surface area contributed by atoms with Crippen LogP contribution in [-0.4, -0.2) is 40.1 Å². The molecule has 0 unspecified atom stereocenters. The fourth-order valence-electron chi connectivity index (χ4n) is 2.89. The van der Waals surface area contributed by atoms with Crippen LogP contribution in [0.1, 0.15) is 12.7 Å². The number of allylic oxidation sites excluding steroid dienone is 1. The predicted molar refractivity (Wildman–Crippen MR) is 111 cm³/mol. The van der Waals surface area contributed by atoms with Gasteiger partial charge >= 0.3 is 0 Å². The molecule has 1 atom stereocenters. The van der Waals surface area contributed by atoms with Gasteiger partial charge in [0.2, 0.25) is 0 Å². The van der Waals surface area contributed by atoms with Crippen LogP contribution in [0.3, 0.4) is 0 Å². The molecule has 0 spiro atoms. The van der Waals surface area contributed by atoms with E-state index in [1.165, 1.54) is 11.8 Å². The summed E-state index contributed by atoms with van der Waals surface area (Å²) in [6.07, 6.45) is 3.39. The molecule has 0 radical (unpaired) electrons. The lowest BCUT2D eigenvalue weighted by molar-refractivity contribution is 0.401. The molecule has 29 heavy (non-hydrogen) atoms. The normalized spacial score (nSPS) is 13.1. The molecule has 8 nitrogen and oxygen atoms in total. The number of nitriles is 1. The Bertz CT molecular complexity index is 1200. The van der Waals surface area contributed by atoms with Crippen molar-refractivity contribution in [2.45, 2.75) is 17.3 Å². The SMILES string of the molecule is C[C@@H](Sc1nnc(-c2ccncc2)n1C)/C(O)=C(\C#N)c1nc2ccccc2[nH]1. The lowest BCUT2D eigenvalue weighted by atomic mass is 10.2. The molecule has 4 aromatic rings. The highest BCUT2D eigenvalue weighted by atomic mass is 32.2. The van der Waals surface area contributed by atoms with E-state index in [4.69, 9.17) is 0 Å². The molecule has 0 saturated heterocycles. The molecule has 144 valence electrons. The van der Waals surface area contributed by atoms with Crippen molar-refractivity contribution in [3.05, 3.63) is 60.4 Å². The highest BCUT2D eigenvalue weighted by Gasteiger charge is 2.21. The number of fused-ring (bicyclic) bond motifs is 1. The van der Waals surface area contributed by atoms with Gasteiger partial charge in [-0.25, -0.2) is 4.98 Å². The molecule has 4 rings (SSSR count). The number of aromatic nitrogens is 6. The van der Waals surface area contributed by atoms with E-state index >= 15 is 0 Å². The number of H-pyrrole nitrogens is 1. The Labute approximate surface area is 171 Å². The molecule has 0 aliphatic carbocycles. The Balaban J connectivity index is 1.62. The molecule has 0 aliphatic heterocycles. The minimum absolute atomic E-state index is 0.0648. The van der Waals surface area contributed by atoms with Crippen molar-refractivity contribution in [2.75, 3.05) is 0 Å². The van der Waals surface area contributed by atoms with E-state index in [1.54, 1.807) is 19.3 Å². The van der Waals surface area contributed by atoms with Crippen LogP contribution in [-0.2, 0) is 7.05 Å². The van der Waals surface area contributed by atoms with E-state index < -0.39 is 5.25 Å². The summed E-state index contributed by atoms with van der Waals surface area (Å²) < 4.78 is 1.84. The van der Waals surface area contributed by atoms with Gasteiger partial charge in [-0.1, -0.05) is 23.9 Å². The van der Waals surface area contributed by atoms with E-state index in [0.29, 0.717) is 16.8 Å². The summed E-state index contributed by atoms with van der Waals surface area (Å²) in [5.74, 6) is 0.975. The highest BCUT2D eigenvalue weighted by Crippen LogP contribution is 2.31. The number of hydrogen-bond acceptors (Lipinski definition) is 7. The number of thioether (sulfide) groups is 1. The molecular weight excluding hydrogens is 386 g/mol. The third-order valence-electron chi connectivity index (χ3n) is 4.43. The summed E-state index contributed by atoms with van der Waals surface area (Å²) in [5.41, 5.74) is 2.55. The van der Waals surface area contributed by atoms with Crippen LogP contribution < -0.4 is 0 Å². The van der Waals surface area contributed by atoms with Gasteiger partial charge in [-0.05, 0) is 31.2 Å². The standard InChI is InChI=1S/C20H17N7OS/c1-12(29-20-26-25-19(27(20)2)13-7-9-22-10-8-13)17(28)14(11-21)18-23-15-5-3-4-6-16(15)24-18/h3-10,12,28H,1-2H3,(H,23,24)/b17-14-/t12-/m1/s1. The maximum absolute atomic E-state index is 10.7. The quantitative estimate of drug-likeness (QED) is 0.296. The number of pyridine rings is 1. The van der Waals surface area contributed by atoms with Crippen molar-refractivity contribution in [3.63, 3.8) is 0 Å². The minimum Gasteiger partial charge on any atom is -0.510 e. The Morgan fingerprint density at radius 2 is 1.97 bits per heavy atom. The Morgan fingerprint density at radius 1 is 1.21 bits per heavy atom. The second kappa shape index (κ2) is 7.77. The molecule has 0 bridgehead atoms. The van der Waals surface area contributed by atoms with E-state index in [2.05, 4.69) is 31.2 Å². The van der Waals surface area contributed by atoms with Gasteiger partial charge in [-0.3, -0.25) is 4.98 Å². The summed E-state index contributed by atoms with van der Waals surface area (Å²) in [6, 6.07) is 13.2. The number of para-hydroxylation sites is 2. The molecule has 0 amide bonds. The number of aliphatic hydroxyl groups excluding tert-OH is 1. The minimum atomic E-state index is -0.425. The van der Waals surface area contributed by atoms with Crippen LogP contribution in [0.2, 0.25) is 0 Å². The Morgan fingerprint density at radius 3 is 2.69 bits per heavy atom. The first-order chi connectivity index (χ1) is 14.1. The average molecular weight is 403 g/mol. The largest absolute Gasteiger partial charge is 0.510 e. The van der Waals surface area contributed by atoms with Crippen molar-refractivity contribution >= 4 is 28.4 Å². The summed E-state index contributed by atoms with van der Waals surface area (Å²) in [7, 11) is 1.86. The van der Waals surface area contributed by atoms with Crippen molar-refractivity contribution in [3.8, 4) is 17.5 Å². The summed E-state index contributed by atoms with van der Waals surface area (Å²) in [4.78, 5) is 11.5. The number of rotatable bonds is 5. The molecule has 0 aliphatic rings. The first-order valence-electron chi connectivity index (χ1n) is 8.83. The highest BCUT2D eigenvalue weighted by molar-refractivity contribution is 7.99. The molecule has 3 aromatic heterocycles. The summed E-state index contributed by atoms with van der Waals surface area (Å²) in [6.45, 7) is 1.81. The molecular formula is C20H17N7OS. The zero-order valence-electron chi connectivity index (χ0n) is 15.7. The Hall–Kier alpha value is -3.64. The van der Waals surface area contributed by atoms with E-state index in [1.807, 2.05) is 48.0 Å². The Kier molecular flexibility index (Phi) is 5.01. The zero-order valence-corrected chi connectivity index (χ0v) is 16.6. The van der Waals surface area contributed by atoms with E-state index in [-0.39, 0.29) is 11.3 Å². The maximum atomic E-state index is 10.7. The van der Waals surface area contributed by atoms with Crippen molar-refractivity contribution in [1.29, 1.82) is 5.26 Å². The van der Waals surface area contributed by atoms with Gasteiger partial charge in [0.15, 0.2) is 16.8 Å².